The van der Waals surface area contributed by atoms with Crippen molar-refractivity contribution in [1.29, 1.82) is 0 Å². The van der Waals surface area contributed by atoms with Crippen LogP contribution in [0, 0.1) is 0 Å². The van der Waals surface area contributed by atoms with Crippen LogP contribution in [0.25, 0.3) is 6.08 Å². The van der Waals surface area contributed by atoms with Gasteiger partial charge in [-0.15, -0.1) is 0 Å². The van der Waals surface area contributed by atoms with E-state index < -0.39 is 0 Å². The van der Waals surface area contributed by atoms with Crippen LogP contribution in [0.2, 0.25) is 0 Å². The topological polar surface area (TPSA) is 38.8 Å². The number of rotatable bonds is 16. The number of allylic oxidation sites excluding steroid dienone is 3. The second-order valence-corrected chi connectivity index (χ2v) is 9.97. The third kappa shape index (κ3) is 9.19. The van der Waals surface area contributed by atoms with Gasteiger partial charge >= 0.3 is 0 Å². The standard InChI is InChI=1S/C33H45NO3/c1-4-6-7-8-9-10-11-12-22-36-25-29-17-21-33-31(24-29)19-18-30-23-28(15-13-14-27(3)37-26-35)16-20-32(30)34(33)5-2/h13-17,20-21,23-24,26H,4-12,18-19,22,25H2,1-3H3/b15-13+,27-14-. The van der Waals surface area contributed by atoms with Gasteiger partial charge in [0.15, 0.2) is 0 Å². The number of fused-ring (bicyclic) bond motifs is 2. The predicted molar refractivity (Wildman–Crippen MR) is 155 cm³/mol. The van der Waals surface area contributed by atoms with Crippen molar-refractivity contribution in [3.05, 3.63) is 76.6 Å². The number of anilines is 2. The molecular weight excluding hydrogens is 458 g/mol. The van der Waals surface area contributed by atoms with Crippen molar-refractivity contribution in [1.82, 2.24) is 0 Å². The summed E-state index contributed by atoms with van der Waals surface area (Å²) in [6.45, 7) is 9.17. The minimum atomic E-state index is 0.452. The lowest BCUT2D eigenvalue weighted by molar-refractivity contribution is -0.124. The monoisotopic (exact) mass is 503 g/mol. The van der Waals surface area contributed by atoms with E-state index in [0.717, 1.165) is 38.0 Å². The molecule has 200 valence electrons. The molecule has 0 atom stereocenters. The van der Waals surface area contributed by atoms with Crippen LogP contribution < -0.4 is 4.90 Å². The number of aryl methyl sites for hydroxylation is 2. The number of unbranched alkanes of at least 4 members (excludes halogenated alkanes) is 7. The molecule has 0 aromatic heterocycles. The molecule has 0 unspecified atom stereocenters. The van der Waals surface area contributed by atoms with Crippen LogP contribution in [0.4, 0.5) is 11.4 Å². The summed E-state index contributed by atoms with van der Waals surface area (Å²) < 4.78 is 10.9. The first-order valence-electron chi connectivity index (χ1n) is 14.2. The third-order valence-electron chi connectivity index (χ3n) is 7.07. The maximum atomic E-state index is 10.5. The van der Waals surface area contributed by atoms with E-state index >= 15 is 0 Å². The van der Waals surface area contributed by atoms with E-state index in [1.54, 1.807) is 13.0 Å². The molecule has 0 aliphatic carbocycles. The van der Waals surface area contributed by atoms with Crippen LogP contribution in [-0.2, 0) is 33.7 Å². The predicted octanol–water partition coefficient (Wildman–Crippen LogP) is 8.69. The summed E-state index contributed by atoms with van der Waals surface area (Å²) in [7, 11) is 0. The molecule has 0 saturated heterocycles. The lowest BCUT2D eigenvalue weighted by Gasteiger charge is -2.26. The van der Waals surface area contributed by atoms with E-state index in [-0.39, 0.29) is 0 Å². The van der Waals surface area contributed by atoms with E-state index in [0.29, 0.717) is 18.8 Å². The maximum Gasteiger partial charge on any atom is 0.298 e. The van der Waals surface area contributed by atoms with Crippen LogP contribution in [0.1, 0.15) is 94.4 Å². The molecule has 0 amide bonds. The summed E-state index contributed by atoms with van der Waals surface area (Å²) in [5.41, 5.74) is 7.76. The molecule has 1 aliphatic rings. The minimum absolute atomic E-state index is 0.452. The summed E-state index contributed by atoms with van der Waals surface area (Å²) in [6, 6.07) is 13.5. The number of carbonyl (C=O) groups is 1. The van der Waals surface area contributed by atoms with Crippen molar-refractivity contribution >= 4 is 23.9 Å². The molecule has 4 nitrogen and oxygen atoms in total. The Morgan fingerprint density at radius 3 is 2.27 bits per heavy atom. The van der Waals surface area contributed by atoms with Crippen molar-refractivity contribution < 1.29 is 14.3 Å². The molecule has 37 heavy (non-hydrogen) atoms. The zero-order chi connectivity index (χ0) is 26.3. The van der Waals surface area contributed by atoms with Gasteiger partial charge in [0.05, 0.1) is 6.61 Å². The lowest BCUT2D eigenvalue weighted by Crippen LogP contribution is -2.17. The first kappa shape index (κ1) is 28.7. The number of nitrogens with zero attached hydrogens (tertiary/aromatic N) is 1. The van der Waals surface area contributed by atoms with Crippen molar-refractivity contribution in [2.75, 3.05) is 18.1 Å². The van der Waals surface area contributed by atoms with Gasteiger partial charge in [-0.2, -0.15) is 0 Å². The van der Waals surface area contributed by atoms with Gasteiger partial charge in [0.2, 0.25) is 0 Å². The van der Waals surface area contributed by atoms with Gasteiger partial charge in [0.25, 0.3) is 6.47 Å². The Morgan fingerprint density at radius 2 is 1.57 bits per heavy atom. The van der Waals surface area contributed by atoms with E-state index in [1.807, 2.05) is 12.2 Å². The fourth-order valence-electron chi connectivity index (χ4n) is 5.04. The molecule has 4 heteroatoms. The molecule has 0 spiro atoms. The zero-order valence-corrected chi connectivity index (χ0v) is 23.1. The Labute approximate surface area is 224 Å². The SMILES string of the molecule is CCCCCCCCCCOCc1ccc2c(c1)CCc1cc(/C=C/C=C(/C)OC=O)ccc1N2CC. The Bertz CT molecular complexity index is 1040. The summed E-state index contributed by atoms with van der Waals surface area (Å²) in [5, 5.41) is 0. The Balaban J connectivity index is 1.55. The van der Waals surface area contributed by atoms with Gasteiger partial charge in [-0.1, -0.05) is 82.2 Å². The molecule has 0 bridgehead atoms. The smallest absolute Gasteiger partial charge is 0.298 e. The molecule has 3 rings (SSSR count). The second kappa shape index (κ2) is 16.1. The fraction of sp³-hybridized carbons (Fsp3) is 0.485. The van der Waals surface area contributed by atoms with Gasteiger partial charge in [0, 0.05) is 24.5 Å². The normalized spacial score (nSPS) is 13.4. The highest BCUT2D eigenvalue weighted by atomic mass is 16.5. The largest absolute Gasteiger partial charge is 0.434 e. The van der Waals surface area contributed by atoms with Gasteiger partial charge in [-0.05, 0) is 79.6 Å². The Morgan fingerprint density at radius 1 is 0.892 bits per heavy atom. The van der Waals surface area contributed by atoms with E-state index in [9.17, 15) is 4.79 Å². The first-order chi connectivity index (χ1) is 18.2. The van der Waals surface area contributed by atoms with Crippen LogP contribution in [0.15, 0.2) is 54.3 Å². The quantitative estimate of drug-likeness (QED) is 0.0994. The summed E-state index contributed by atoms with van der Waals surface area (Å²) in [5.74, 6) is 0.575. The molecule has 0 saturated carbocycles. The maximum absolute atomic E-state index is 10.5. The molecule has 0 N–H and O–H groups in total. The number of benzene rings is 2. The summed E-state index contributed by atoms with van der Waals surface area (Å²) in [6.07, 6.45) is 18.4. The first-order valence-corrected chi connectivity index (χ1v) is 14.2. The summed E-state index contributed by atoms with van der Waals surface area (Å²) in [4.78, 5) is 12.9. The lowest BCUT2D eigenvalue weighted by atomic mass is 10.0. The number of ether oxygens (including phenoxy) is 2. The number of carbonyl (C=O) groups excluding carboxylic acids is 1. The van der Waals surface area contributed by atoms with E-state index in [1.165, 1.54) is 73.0 Å². The van der Waals surface area contributed by atoms with Crippen LogP contribution in [0.3, 0.4) is 0 Å². The average Bonchev–Trinajstić information content (AvgIpc) is 3.06. The number of hydrogen-bond donors (Lipinski definition) is 0. The molecule has 0 radical (unpaired) electrons. The highest BCUT2D eigenvalue weighted by Gasteiger charge is 2.20. The van der Waals surface area contributed by atoms with Crippen molar-refractivity contribution in [2.45, 2.75) is 91.6 Å². The highest BCUT2D eigenvalue weighted by molar-refractivity contribution is 5.73. The minimum Gasteiger partial charge on any atom is -0.434 e. The Hall–Kier alpha value is -2.85. The van der Waals surface area contributed by atoms with Gasteiger partial charge in [-0.25, -0.2) is 0 Å². The van der Waals surface area contributed by atoms with Crippen molar-refractivity contribution in [2.24, 2.45) is 0 Å². The highest BCUT2D eigenvalue weighted by Crippen LogP contribution is 2.37. The Kier molecular flexibility index (Phi) is 12.5. The van der Waals surface area contributed by atoms with Crippen LogP contribution in [0.5, 0.6) is 0 Å². The molecule has 2 aromatic carbocycles. The fourth-order valence-corrected chi connectivity index (χ4v) is 5.04. The molecule has 2 aromatic rings. The van der Waals surface area contributed by atoms with E-state index in [2.05, 4.69) is 55.1 Å². The van der Waals surface area contributed by atoms with Gasteiger partial charge in [0.1, 0.15) is 5.76 Å². The van der Waals surface area contributed by atoms with Crippen LogP contribution >= 0.6 is 0 Å². The molecule has 0 fully saturated rings. The van der Waals surface area contributed by atoms with Crippen LogP contribution in [-0.4, -0.2) is 19.6 Å². The van der Waals surface area contributed by atoms with Gasteiger partial charge in [-0.3, -0.25) is 4.79 Å². The van der Waals surface area contributed by atoms with Crippen molar-refractivity contribution in [3.8, 4) is 0 Å². The average molecular weight is 504 g/mol. The van der Waals surface area contributed by atoms with Crippen molar-refractivity contribution in [3.63, 3.8) is 0 Å². The third-order valence-corrected chi connectivity index (χ3v) is 7.07. The summed E-state index contributed by atoms with van der Waals surface area (Å²) >= 11 is 0. The zero-order valence-electron chi connectivity index (χ0n) is 23.1. The molecule has 1 aliphatic heterocycles. The second-order valence-electron chi connectivity index (χ2n) is 9.97. The van der Waals surface area contributed by atoms with Gasteiger partial charge < -0.3 is 14.4 Å². The molecular formula is C33H45NO3. The van der Waals surface area contributed by atoms with E-state index in [4.69, 9.17) is 9.47 Å². The number of hydrogen-bond acceptors (Lipinski definition) is 4. The molecule has 1 heterocycles.